The Balaban J connectivity index is 2.03. The van der Waals surface area contributed by atoms with E-state index in [1.165, 1.54) is 0 Å². The highest BCUT2D eigenvalue weighted by atomic mass is 35.5. The molecule has 1 amide bonds. The third kappa shape index (κ3) is 5.13. The number of benzene rings is 1. The van der Waals surface area contributed by atoms with Gasteiger partial charge in [-0.2, -0.15) is 0 Å². The van der Waals surface area contributed by atoms with Crippen molar-refractivity contribution in [1.82, 2.24) is 4.98 Å². The van der Waals surface area contributed by atoms with Gasteiger partial charge in [0.1, 0.15) is 5.69 Å². The van der Waals surface area contributed by atoms with Gasteiger partial charge in [0.2, 0.25) is 0 Å². The number of H-pyrrole nitrogens is 1. The largest absolute Gasteiger partial charge is 0.459 e. The third-order valence-electron chi connectivity index (χ3n) is 3.99. The van der Waals surface area contributed by atoms with Crippen molar-refractivity contribution in [1.29, 1.82) is 0 Å². The van der Waals surface area contributed by atoms with Crippen LogP contribution in [0.5, 0.6) is 0 Å². The summed E-state index contributed by atoms with van der Waals surface area (Å²) in [6.07, 6.45) is -0.281. The van der Waals surface area contributed by atoms with E-state index in [2.05, 4.69) is 10.3 Å². The fourth-order valence-corrected chi connectivity index (χ4v) is 2.92. The number of ether oxygens (including phenoxy) is 2. The fourth-order valence-electron chi connectivity index (χ4n) is 2.69. The maximum absolute atomic E-state index is 12.3. The standard InChI is InChI=1S/C20H23ClN2O5/c1-10(2)28-19(25)17-12(4)18(22-13(17)5)20(26)27-9-16(24)23-15-7-6-14(21)8-11(15)3/h6-8,10,22H,9H2,1-5H3,(H,23,24). The van der Waals surface area contributed by atoms with E-state index in [0.29, 0.717) is 27.5 Å². The number of amides is 1. The summed E-state index contributed by atoms with van der Waals surface area (Å²) in [4.78, 5) is 39.4. The first-order valence-corrected chi connectivity index (χ1v) is 9.11. The van der Waals surface area contributed by atoms with Crippen molar-refractivity contribution in [3.8, 4) is 0 Å². The molecule has 0 atom stereocenters. The summed E-state index contributed by atoms with van der Waals surface area (Å²) in [5, 5.41) is 3.22. The van der Waals surface area contributed by atoms with Crippen molar-refractivity contribution < 1.29 is 23.9 Å². The average Bonchev–Trinajstić information content (AvgIpc) is 2.89. The number of carbonyl (C=O) groups is 3. The van der Waals surface area contributed by atoms with Crippen LogP contribution in [0.1, 0.15) is 51.5 Å². The van der Waals surface area contributed by atoms with Crippen LogP contribution >= 0.6 is 11.6 Å². The molecule has 150 valence electrons. The minimum atomic E-state index is -0.729. The van der Waals surface area contributed by atoms with E-state index < -0.39 is 24.5 Å². The molecule has 2 rings (SSSR count). The summed E-state index contributed by atoms with van der Waals surface area (Å²) in [6, 6.07) is 5.04. The van der Waals surface area contributed by atoms with Crippen LogP contribution in [0, 0.1) is 20.8 Å². The Morgan fingerprint density at radius 1 is 1.14 bits per heavy atom. The number of anilines is 1. The highest BCUT2D eigenvalue weighted by Gasteiger charge is 2.24. The minimum absolute atomic E-state index is 0.115. The molecular formula is C20H23ClN2O5. The predicted molar refractivity (Wildman–Crippen MR) is 106 cm³/mol. The van der Waals surface area contributed by atoms with E-state index >= 15 is 0 Å². The van der Waals surface area contributed by atoms with Crippen LogP contribution in [0.25, 0.3) is 0 Å². The van der Waals surface area contributed by atoms with Gasteiger partial charge in [0.25, 0.3) is 5.91 Å². The number of aryl methyl sites for hydroxylation is 2. The van der Waals surface area contributed by atoms with Gasteiger partial charge in [0.05, 0.1) is 11.7 Å². The van der Waals surface area contributed by atoms with Gasteiger partial charge in [-0.3, -0.25) is 4.79 Å². The van der Waals surface area contributed by atoms with Crippen molar-refractivity contribution in [2.75, 3.05) is 11.9 Å². The lowest BCUT2D eigenvalue weighted by molar-refractivity contribution is -0.119. The molecule has 0 aliphatic rings. The number of aromatic nitrogens is 1. The lowest BCUT2D eigenvalue weighted by Crippen LogP contribution is -2.21. The summed E-state index contributed by atoms with van der Waals surface area (Å²) < 4.78 is 10.3. The molecule has 0 unspecified atom stereocenters. The number of rotatable bonds is 6. The zero-order valence-electron chi connectivity index (χ0n) is 16.4. The van der Waals surface area contributed by atoms with Crippen molar-refractivity contribution in [2.24, 2.45) is 0 Å². The molecule has 1 aromatic carbocycles. The third-order valence-corrected chi connectivity index (χ3v) is 4.22. The summed E-state index contributed by atoms with van der Waals surface area (Å²) >= 11 is 5.89. The number of hydrogen-bond acceptors (Lipinski definition) is 5. The van der Waals surface area contributed by atoms with Gasteiger partial charge in [0, 0.05) is 16.4 Å². The van der Waals surface area contributed by atoms with Gasteiger partial charge in [-0.05, 0) is 63.9 Å². The molecule has 0 saturated heterocycles. The predicted octanol–water partition coefficient (Wildman–Crippen LogP) is 3.95. The SMILES string of the molecule is Cc1cc(Cl)ccc1NC(=O)COC(=O)c1[nH]c(C)c(C(=O)OC(C)C)c1C. The number of carbonyl (C=O) groups excluding carboxylic acids is 3. The summed E-state index contributed by atoms with van der Waals surface area (Å²) in [5.74, 6) is -1.73. The number of halogens is 1. The Morgan fingerprint density at radius 2 is 1.82 bits per heavy atom. The maximum atomic E-state index is 12.3. The van der Waals surface area contributed by atoms with Crippen molar-refractivity contribution in [2.45, 2.75) is 40.7 Å². The van der Waals surface area contributed by atoms with E-state index in [4.69, 9.17) is 21.1 Å². The van der Waals surface area contributed by atoms with Crippen LogP contribution in [0.2, 0.25) is 5.02 Å². The van der Waals surface area contributed by atoms with Crippen LogP contribution in [0.4, 0.5) is 5.69 Å². The molecule has 2 aromatic rings. The van der Waals surface area contributed by atoms with Crippen LogP contribution in [-0.2, 0) is 14.3 Å². The molecule has 0 spiro atoms. The molecule has 0 fully saturated rings. The zero-order chi connectivity index (χ0) is 21.0. The molecule has 8 heteroatoms. The topological polar surface area (TPSA) is 97.5 Å². The minimum Gasteiger partial charge on any atom is -0.459 e. The highest BCUT2D eigenvalue weighted by Crippen LogP contribution is 2.21. The van der Waals surface area contributed by atoms with Gasteiger partial charge in [-0.25, -0.2) is 9.59 Å². The zero-order valence-corrected chi connectivity index (χ0v) is 17.2. The molecule has 28 heavy (non-hydrogen) atoms. The second-order valence-electron chi connectivity index (χ2n) is 6.66. The molecule has 0 saturated carbocycles. The molecule has 7 nitrogen and oxygen atoms in total. The van der Waals surface area contributed by atoms with Gasteiger partial charge < -0.3 is 19.8 Å². The van der Waals surface area contributed by atoms with E-state index in [0.717, 1.165) is 5.56 Å². The molecule has 0 aliphatic carbocycles. The Labute approximate surface area is 168 Å². The second kappa shape index (κ2) is 8.93. The molecule has 0 radical (unpaired) electrons. The van der Waals surface area contributed by atoms with Crippen molar-refractivity contribution >= 4 is 35.1 Å². The molecule has 2 N–H and O–H groups in total. The smallest absolute Gasteiger partial charge is 0.355 e. The van der Waals surface area contributed by atoms with Crippen molar-refractivity contribution in [3.63, 3.8) is 0 Å². The number of nitrogens with one attached hydrogen (secondary N) is 2. The summed E-state index contributed by atoms with van der Waals surface area (Å²) in [5.41, 5.74) is 2.69. The Hall–Kier alpha value is -2.80. The molecular weight excluding hydrogens is 384 g/mol. The van der Waals surface area contributed by atoms with Crippen LogP contribution in [0.3, 0.4) is 0 Å². The van der Waals surface area contributed by atoms with E-state index in [1.807, 2.05) is 0 Å². The van der Waals surface area contributed by atoms with Gasteiger partial charge in [-0.1, -0.05) is 11.6 Å². The average molecular weight is 407 g/mol. The molecule has 1 aromatic heterocycles. The first-order chi connectivity index (χ1) is 13.1. The monoisotopic (exact) mass is 406 g/mol. The lowest BCUT2D eigenvalue weighted by Gasteiger charge is -2.09. The van der Waals surface area contributed by atoms with E-state index in [9.17, 15) is 14.4 Å². The number of hydrogen-bond donors (Lipinski definition) is 2. The highest BCUT2D eigenvalue weighted by molar-refractivity contribution is 6.30. The quantitative estimate of drug-likeness (QED) is 0.708. The van der Waals surface area contributed by atoms with Crippen LogP contribution < -0.4 is 5.32 Å². The van der Waals surface area contributed by atoms with Gasteiger partial charge >= 0.3 is 11.9 Å². The first-order valence-electron chi connectivity index (χ1n) is 8.73. The number of esters is 2. The van der Waals surface area contributed by atoms with E-state index in [1.54, 1.807) is 52.8 Å². The van der Waals surface area contributed by atoms with Crippen LogP contribution in [0.15, 0.2) is 18.2 Å². The Morgan fingerprint density at radius 3 is 2.43 bits per heavy atom. The summed E-state index contributed by atoms with van der Waals surface area (Å²) in [7, 11) is 0. The Bertz CT molecular complexity index is 918. The lowest BCUT2D eigenvalue weighted by atomic mass is 10.1. The second-order valence-corrected chi connectivity index (χ2v) is 7.10. The van der Waals surface area contributed by atoms with Crippen LogP contribution in [-0.4, -0.2) is 35.5 Å². The molecule has 0 aliphatic heterocycles. The Kier molecular flexibility index (Phi) is 6.85. The summed E-state index contributed by atoms with van der Waals surface area (Å²) in [6.45, 7) is 8.10. The van der Waals surface area contributed by atoms with E-state index in [-0.39, 0.29) is 11.8 Å². The van der Waals surface area contributed by atoms with Crippen molar-refractivity contribution in [3.05, 3.63) is 51.3 Å². The molecule has 1 heterocycles. The fraction of sp³-hybridized carbons (Fsp3) is 0.350. The normalized spacial score (nSPS) is 10.7. The molecule has 0 bridgehead atoms. The maximum Gasteiger partial charge on any atom is 0.355 e. The number of aromatic amines is 1. The van der Waals surface area contributed by atoms with Gasteiger partial charge in [-0.15, -0.1) is 0 Å². The first kappa shape index (κ1) is 21.5. The van der Waals surface area contributed by atoms with Gasteiger partial charge in [0.15, 0.2) is 6.61 Å².